The molecule has 0 bridgehead atoms. The number of rotatable bonds is 7. The van der Waals surface area contributed by atoms with Gasteiger partial charge < -0.3 is 10.0 Å². The maximum atomic E-state index is 11.8. The lowest BCUT2D eigenvalue weighted by Crippen LogP contribution is -2.29. The summed E-state index contributed by atoms with van der Waals surface area (Å²) in [5.41, 5.74) is 0. The number of carbonyl (C=O) groups is 2. The minimum absolute atomic E-state index is 0.130. The Morgan fingerprint density at radius 1 is 1.24 bits per heavy atom. The summed E-state index contributed by atoms with van der Waals surface area (Å²) in [5.74, 6) is -0.993. The molecule has 98 valence electrons. The SMILES string of the molecule is CCCCCCCC(=O)N1CCC(C(=O)O)C1. The van der Waals surface area contributed by atoms with Crippen LogP contribution in [0.5, 0.6) is 0 Å². The van der Waals surface area contributed by atoms with Gasteiger partial charge in [0.05, 0.1) is 5.92 Å². The van der Waals surface area contributed by atoms with E-state index in [2.05, 4.69) is 6.92 Å². The number of aliphatic carboxylic acids is 1. The van der Waals surface area contributed by atoms with Crippen molar-refractivity contribution in [2.24, 2.45) is 5.92 Å². The third kappa shape index (κ3) is 4.75. The molecule has 0 spiro atoms. The molecule has 1 saturated heterocycles. The summed E-state index contributed by atoms with van der Waals surface area (Å²) in [5, 5.41) is 8.85. The Labute approximate surface area is 103 Å². The van der Waals surface area contributed by atoms with E-state index in [4.69, 9.17) is 5.11 Å². The first kappa shape index (κ1) is 14.0. The highest BCUT2D eigenvalue weighted by molar-refractivity contribution is 5.78. The predicted molar refractivity (Wildman–Crippen MR) is 65.7 cm³/mol. The summed E-state index contributed by atoms with van der Waals surface area (Å²) in [6, 6.07) is 0. The number of hydrogen-bond donors (Lipinski definition) is 1. The van der Waals surface area contributed by atoms with E-state index >= 15 is 0 Å². The first-order valence-electron chi connectivity index (χ1n) is 6.65. The summed E-state index contributed by atoms with van der Waals surface area (Å²) >= 11 is 0. The molecule has 4 heteroatoms. The summed E-state index contributed by atoms with van der Waals surface area (Å²) < 4.78 is 0. The van der Waals surface area contributed by atoms with Crippen molar-refractivity contribution in [1.29, 1.82) is 0 Å². The highest BCUT2D eigenvalue weighted by Gasteiger charge is 2.30. The second kappa shape index (κ2) is 7.30. The lowest BCUT2D eigenvalue weighted by molar-refractivity contribution is -0.141. The third-order valence-corrected chi connectivity index (χ3v) is 3.38. The summed E-state index contributed by atoms with van der Waals surface area (Å²) in [6.07, 6.45) is 6.87. The maximum absolute atomic E-state index is 11.8. The fourth-order valence-electron chi connectivity index (χ4n) is 2.23. The van der Waals surface area contributed by atoms with E-state index in [0.29, 0.717) is 25.9 Å². The van der Waals surface area contributed by atoms with E-state index in [1.807, 2.05) is 0 Å². The molecule has 1 aliphatic heterocycles. The Morgan fingerprint density at radius 3 is 2.53 bits per heavy atom. The quantitative estimate of drug-likeness (QED) is 0.696. The highest BCUT2D eigenvalue weighted by atomic mass is 16.4. The topological polar surface area (TPSA) is 57.6 Å². The second-order valence-corrected chi connectivity index (χ2v) is 4.83. The van der Waals surface area contributed by atoms with Crippen molar-refractivity contribution in [3.8, 4) is 0 Å². The van der Waals surface area contributed by atoms with Gasteiger partial charge in [-0.1, -0.05) is 32.6 Å². The van der Waals surface area contributed by atoms with Crippen LogP contribution in [-0.4, -0.2) is 35.0 Å². The normalized spacial score (nSPS) is 19.6. The van der Waals surface area contributed by atoms with Gasteiger partial charge in [0.25, 0.3) is 0 Å². The average molecular weight is 241 g/mol. The third-order valence-electron chi connectivity index (χ3n) is 3.38. The molecule has 1 rings (SSSR count). The van der Waals surface area contributed by atoms with E-state index in [-0.39, 0.29) is 11.8 Å². The highest BCUT2D eigenvalue weighted by Crippen LogP contribution is 2.18. The summed E-state index contributed by atoms with van der Waals surface area (Å²) in [7, 11) is 0. The fraction of sp³-hybridized carbons (Fsp3) is 0.846. The molecule has 4 nitrogen and oxygen atoms in total. The Balaban J connectivity index is 2.14. The monoisotopic (exact) mass is 241 g/mol. The van der Waals surface area contributed by atoms with Crippen LogP contribution >= 0.6 is 0 Å². The van der Waals surface area contributed by atoms with Crippen molar-refractivity contribution in [3.05, 3.63) is 0 Å². The van der Waals surface area contributed by atoms with Crippen LogP contribution in [0.2, 0.25) is 0 Å². The minimum Gasteiger partial charge on any atom is -0.481 e. The zero-order valence-corrected chi connectivity index (χ0v) is 10.7. The van der Waals surface area contributed by atoms with Gasteiger partial charge in [-0.15, -0.1) is 0 Å². The molecule has 0 aromatic rings. The van der Waals surface area contributed by atoms with Crippen molar-refractivity contribution in [2.45, 2.75) is 51.9 Å². The Hall–Kier alpha value is -1.06. The molecule has 17 heavy (non-hydrogen) atoms. The number of likely N-dealkylation sites (tertiary alicyclic amines) is 1. The first-order chi connectivity index (χ1) is 8.15. The zero-order chi connectivity index (χ0) is 12.7. The first-order valence-corrected chi connectivity index (χ1v) is 6.65. The summed E-state index contributed by atoms with van der Waals surface area (Å²) in [6.45, 7) is 3.19. The second-order valence-electron chi connectivity index (χ2n) is 4.83. The van der Waals surface area contributed by atoms with Crippen LogP contribution < -0.4 is 0 Å². The standard InChI is InChI=1S/C13H23NO3/c1-2-3-4-5-6-7-12(15)14-9-8-11(10-14)13(16)17/h11H,2-10H2,1H3,(H,16,17). The van der Waals surface area contributed by atoms with Crippen LogP contribution in [0.15, 0.2) is 0 Å². The summed E-state index contributed by atoms with van der Waals surface area (Å²) in [4.78, 5) is 24.3. The van der Waals surface area contributed by atoms with Gasteiger partial charge >= 0.3 is 5.97 Å². The average Bonchev–Trinajstić information content (AvgIpc) is 2.78. The van der Waals surface area contributed by atoms with Crippen molar-refractivity contribution in [1.82, 2.24) is 4.90 Å². The molecule has 1 amide bonds. The van der Waals surface area contributed by atoms with Gasteiger partial charge in [-0.25, -0.2) is 0 Å². The van der Waals surface area contributed by atoms with Gasteiger partial charge in [0.2, 0.25) is 5.91 Å². The molecule has 0 radical (unpaired) electrons. The van der Waals surface area contributed by atoms with Crippen molar-refractivity contribution in [3.63, 3.8) is 0 Å². The number of amides is 1. The molecule has 1 heterocycles. The molecule has 1 aliphatic rings. The van der Waals surface area contributed by atoms with Crippen LogP contribution in [0.1, 0.15) is 51.9 Å². The number of nitrogens with zero attached hydrogens (tertiary/aromatic N) is 1. The Kier molecular flexibility index (Phi) is 6.01. The Bertz CT molecular complexity index is 265. The molecule has 1 unspecified atom stereocenters. The van der Waals surface area contributed by atoms with Crippen LogP contribution in [0.3, 0.4) is 0 Å². The number of carbonyl (C=O) groups excluding carboxylic acids is 1. The van der Waals surface area contributed by atoms with Gasteiger partial charge in [0.1, 0.15) is 0 Å². The number of carboxylic acid groups (broad SMARTS) is 1. The van der Waals surface area contributed by atoms with Crippen molar-refractivity contribution >= 4 is 11.9 Å². The van der Waals surface area contributed by atoms with Crippen LogP contribution in [0.25, 0.3) is 0 Å². The van der Waals surface area contributed by atoms with E-state index < -0.39 is 5.97 Å². The molecular formula is C13H23NO3. The number of unbranched alkanes of at least 4 members (excludes halogenated alkanes) is 4. The van der Waals surface area contributed by atoms with Gasteiger partial charge in [-0.2, -0.15) is 0 Å². The van der Waals surface area contributed by atoms with E-state index in [1.165, 1.54) is 19.3 Å². The predicted octanol–water partition coefficient (Wildman–Crippen LogP) is 2.28. The largest absolute Gasteiger partial charge is 0.481 e. The minimum atomic E-state index is -0.775. The zero-order valence-electron chi connectivity index (χ0n) is 10.7. The molecule has 0 aromatic carbocycles. The molecule has 0 saturated carbocycles. The van der Waals surface area contributed by atoms with Crippen molar-refractivity contribution < 1.29 is 14.7 Å². The lowest BCUT2D eigenvalue weighted by Gasteiger charge is -2.15. The van der Waals surface area contributed by atoms with E-state index in [1.54, 1.807) is 4.90 Å². The smallest absolute Gasteiger partial charge is 0.308 e. The molecule has 1 N–H and O–H groups in total. The van der Waals surface area contributed by atoms with E-state index in [0.717, 1.165) is 12.8 Å². The van der Waals surface area contributed by atoms with Crippen LogP contribution in [-0.2, 0) is 9.59 Å². The van der Waals surface area contributed by atoms with Crippen molar-refractivity contribution in [2.75, 3.05) is 13.1 Å². The van der Waals surface area contributed by atoms with Gasteiger partial charge in [0, 0.05) is 19.5 Å². The van der Waals surface area contributed by atoms with Crippen LogP contribution in [0.4, 0.5) is 0 Å². The lowest BCUT2D eigenvalue weighted by atomic mass is 10.1. The number of hydrogen-bond acceptors (Lipinski definition) is 2. The maximum Gasteiger partial charge on any atom is 0.308 e. The Morgan fingerprint density at radius 2 is 1.94 bits per heavy atom. The van der Waals surface area contributed by atoms with Crippen LogP contribution in [0, 0.1) is 5.92 Å². The number of carboxylic acids is 1. The molecule has 0 aromatic heterocycles. The van der Waals surface area contributed by atoms with E-state index in [9.17, 15) is 9.59 Å². The molecule has 1 fully saturated rings. The van der Waals surface area contributed by atoms with Gasteiger partial charge in [-0.3, -0.25) is 9.59 Å². The molecular weight excluding hydrogens is 218 g/mol. The molecule has 1 atom stereocenters. The van der Waals surface area contributed by atoms with Gasteiger partial charge in [0.15, 0.2) is 0 Å². The van der Waals surface area contributed by atoms with Gasteiger partial charge in [-0.05, 0) is 12.8 Å². The fourth-order valence-corrected chi connectivity index (χ4v) is 2.23. The molecule has 0 aliphatic carbocycles.